The van der Waals surface area contributed by atoms with E-state index in [0.29, 0.717) is 0 Å². The first-order valence-electron chi connectivity index (χ1n) is 21.1. The Labute approximate surface area is 362 Å². The number of nitrogens with zero attached hydrogens (tertiary/aromatic N) is 1. The second-order valence-corrected chi connectivity index (χ2v) is 15.8. The van der Waals surface area contributed by atoms with Crippen LogP contribution in [0.15, 0.2) is 253 Å². The molecule has 0 radical (unpaired) electrons. The summed E-state index contributed by atoms with van der Waals surface area (Å²) in [6.45, 7) is 0. The molecule has 0 saturated carbocycles. The Balaban J connectivity index is 0.938. The van der Waals surface area contributed by atoms with Crippen molar-refractivity contribution in [1.29, 1.82) is 0 Å². The number of anilines is 3. The molecule has 0 aliphatic heterocycles. The van der Waals surface area contributed by atoms with Crippen molar-refractivity contribution in [3.63, 3.8) is 0 Å². The van der Waals surface area contributed by atoms with Gasteiger partial charge in [0.25, 0.3) is 0 Å². The van der Waals surface area contributed by atoms with Gasteiger partial charge in [-0.1, -0.05) is 188 Å². The van der Waals surface area contributed by atoms with Crippen molar-refractivity contribution in [3.05, 3.63) is 249 Å². The van der Waals surface area contributed by atoms with E-state index in [0.717, 1.165) is 61.3 Å². The van der Waals surface area contributed by atoms with E-state index >= 15 is 0 Å². The molecule has 11 rings (SSSR count). The summed E-state index contributed by atoms with van der Waals surface area (Å²) in [6.07, 6.45) is 0. The molecule has 0 bridgehead atoms. The average Bonchev–Trinajstić information content (AvgIpc) is 3.73. The molecule has 0 aliphatic rings. The third-order valence-corrected chi connectivity index (χ3v) is 11.9. The first-order chi connectivity index (χ1) is 30.7. The minimum Gasteiger partial charge on any atom is -0.456 e. The highest BCUT2D eigenvalue weighted by Gasteiger charge is 2.16. The van der Waals surface area contributed by atoms with Crippen LogP contribution in [-0.2, 0) is 0 Å². The minimum absolute atomic E-state index is 0.905. The van der Waals surface area contributed by atoms with Crippen LogP contribution in [0, 0.1) is 0 Å². The molecular formula is C60H41NO. The Morgan fingerprint density at radius 1 is 0.210 bits per heavy atom. The fourth-order valence-electron chi connectivity index (χ4n) is 8.63. The third-order valence-electron chi connectivity index (χ3n) is 11.9. The van der Waals surface area contributed by atoms with E-state index in [4.69, 9.17) is 4.42 Å². The van der Waals surface area contributed by atoms with Gasteiger partial charge in [-0.3, -0.25) is 0 Å². The van der Waals surface area contributed by atoms with Gasteiger partial charge in [-0.15, -0.1) is 0 Å². The van der Waals surface area contributed by atoms with Crippen molar-refractivity contribution in [1.82, 2.24) is 0 Å². The highest BCUT2D eigenvalue weighted by Crippen LogP contribution is 2.40. The number of benzene rings is 10. The van der Waals surface area contributed by atoms with Crippen molar-refractivity contribution < 1.29 is 4.42 Å². The fourth-order valence-corrected chi connectivity index (χ4v) is 8.63. The lowest BCUT2D eigenvalue weighted by atomic mass is 9.97. The van der Waals surface area contributed by atoms with Gasteiger partial charge in [-0.25, -0.2) is 0 Å². The highest BCUT2D eigenvalue weighted by atomic mass is 16.3. The third kappa shape index (κ3) is 7.25. The lowest BCUT2D eigenvalue weighted by molar-refractivity contribution is 0.669. The van der Waals surface area contributed by atoms with Crippen LogP contribution in [0.25, 0.3) is 88.7 Å². The fraction of sp³-hybridized carbons (Fsp3) is 0. The molecule has 0 atom stereocenters. The smallest absolute Gasteiger partial charge is 0.135 e. The summed E-state index contributed by atoms with van der Waals surface area (Å²) < 4.78 is 6.14. The number of hydrogen-bond acceptors (Lipinski definition) is 2. The lowest BCUT2D eigenvalue weighted by Crippen LogP contribution is -2.10. The SMILES string of the molecule is c1ccc(-c2ccc(-c3ccc(N(c4ccc(-c5ccc(-c6ccccc6)cc5)cc4)c4cccc(-c5cccc(-c6ccc7oc8ccccc8c7c6)c5)c4)cc3)cc2)cc1. The molecule has 1 aromatic heterocycles. The van der Waals surface area contributed by atoms with Gasteiger partial charge < -0.3 is 9.32 Å². The number of para-hydroxylation sites is 1. The summed E-state index contributed by atoms with van der Waals surface area (Å²) in [7, 11) is 0. The summed E-state index contributed by atoms with van der Waals surface area (Å²) >= 11 is 0. The van der Waals surface area contributed by atoms with Crippen molar-refractivity contribution in [2.45, 2.75) is 0 Å². The molecule has 11 aromatic rings. The molecule has 0 aliphatic carbocycles. The summed E-state index contributed by atoms with van der Waals surface area (Å²) in [5.41, 5.74) is 19.3. The molecular weight excluding hydrogens is 751 g/mol. The van der Waals surface area contributed by atoms with Crippen LogP contribution >= 0.6 is 0 Å². The minimum atomic E-state index is 0.905. The summed E-state index contributed by atoms with van der Waals surface area (Å²) in [5, 5.41) is 2.27. The van der Waals surface area contributed by atoms with Gasteiger partial charge in [0.05, 0.1) is 0 Å². The van der Waals surface area contributed by atoms with Gasteiger partial charge in [0, 0.05) is 27.8 Å². The summed E-state index contributed by atoms with van der Waals surface area (Å²) in [5.74, 6) is 0. The predicted octanol–water partition coefficient (Wildman–Crippen LogP) is 17.1. The van der Waals surface area contributed by atoms with E-state index in [1.807, 2.05) is 12.1 Å². The van der Waals surface area contributed by atoms with Crippen molar-refractivity contribution >= 4 is 39.0 Å². The largest absolute Gasteiger partial charge is 0.456 e. The molecule has 0 fully saturated rings. The second-order valence-electron chi connectivity index (χ2n) is 15.8. The topological polar surface area (TPSA) is 16.4 Å². The molecule has 10 aromatic carbocycles. The van der Waals surface area contributed by atoms with Crippen LogP contribution in [0.2, 0.25) is 0 Å². The predicted molar refractivity (Wildman–Crippen MR) is 261 cm³/mol. The van der Waals surface area contributed by atoms with E-state index in [2.05, 4.69) is 241 Å². The van der Waals surface area contributed by atoms with Crippen LogP contribution in [0.1, 0.15) is 0 Å². The highest BCUT2D eigenvalue weighted by molar-refractivity contribution is 6.06. The zero-order chi connectivity index (χ0) is 41.2. The van der Waals surface area contributed by atoms with Crippen molar-refractivity contribution in [3.8, 4) is 66.8 Å². The van der Waals surface area contributed by atoms with E-state index in [1.165, 1.54) is 44.5 Å². The normalized spacial score (nSPS) is 11.2. The molecule has 2 nitrogen and oxygen atoms in total. The quantitative estimate of drug-likeness (QED) is 0.145. The Bertz CT molecular complexity index is 3170. The first-order valence-corrected chi connectivity index (χ1v) is 21.1. The Kier molecular flexibility index (Phi) is 9.57. The lowest BCUT2D eigenvalue weighted by Gasteiger charge is -2.26. The molecule has 0 N–H and O–H groups in total. The molecule has 0 unspecified atom stereocenters. The van der Waals surface area contributed by atoms with Crippen molar-refractivity contribution in [2.24, 2.45) is 0 Å². The van der Waals surface area contributed by atoms with Gasteiger partial charge in [0.2, 0.25) is 0 Å². The maximum atomic E-state index is 6.14. The van der Waals surface area contributed by atoms with E-state index in [1.54, 1.807) is 0 Å². The first kappa shape index (κ1) is 36.8. The zero-order valence-corrected chi connectivity index (χ0v) is 34.0. The van der Waals surface area contributed by atoms with Crippen molar-refractivity contribution in [2.75, 3.05) is 4.90 Å². The Morgan fingerprint density at radius 2 is 0.565 bits per heavy atom. The molecule has 0 amide bonds. The molecule has 1 heterocycles. The Morgan fingerprint density at radius 3 is 1.08 bits per heavy atom. The van der Waals surface area contributed by atoms with E-state index in [-0.39, 0.29) is 0 Å². The monoisotopic (exact) mass is 791 g/mol. The van der Waals surface area contributed by atoms with Gasteiger partial charge in [-0.05, 0) is 127 Å². The van der Waals surface area contributed by atoms with Crippen LogP contribution < -0.4 is 4.90 Å². The molecule has 62 heavy (non-hydrogen) atoms. The number of hydrogen-bond donors (Lipinski definition) is 0. The second kappa shape index (κ2) is 16.1. The number of furan rings is 1. The molecule has 292 valence electrons. The maximum Gasteiger partial charge on any atom is 0.135 e. The van der Waals surface area contributed by atoms with Crippen LogP contribution in [-0.4, -0.2) is 0 Å². The zero-order valence-electron chi connectivity index (χ0n) is 34.0. The summed E-state index contributed by atoms with van der Waals surface area (Å²) in [6, 6.07) is 89.1. The summed E-state index contributed by atoms with van der Waals surface area (Å²) in [4.78, 5) is 2.36. The van der Waals surface area contributed by atoms with Gasteiger partial charge >= 0.3 is 0 Å². The van der Waals surface area contributed by atoms with Gasteiger partial charge in [-0.2, -0.15) is 0 Å². The van der Waals surface area contributed by atoms with E-state index < -0.39 is 0 Å². The Hall–Kier alpha value is -8.20. The van der Waals surface area contributed by atoms with Crippen LogP contribution in [0.5, 0.6) is 0 Å². The number of rotatable bonds is 9. The van der Waals surface area contributed by atoms with Gasteiger partial charge in [0.15, 0.2) is 0 Å². The molecule has 0 saturated heterocycles. The van der Waals surface area contributed by atoms with E-state index in [9.17, 15) is 0 Å². The maximum absolute atomic E-state index is 6.14. The number of fused-ring (bicyclic) bond motifs is 3. The standard InChI is InChI=1S/C60H41NO/c1-3-11-42(12-4-1)44-21-25-46(26-22-44)48-29-34-54(35-30-48)61(55-36-31-49(32-37-55)47-27-23-45(24-28-47)43-13-5-2-6-14-43)56-18-10-17-52(40-56)50-15-9-16-51(39-50)53-33-38-60-58(41-53)57-19-7-8-20-59(57)62-60/h1-41H. The van der Waals surface area contributed by atoms with Crippen LogP contribution in [0.4, 0.5) is 17.1 Å². The van der Waals surface area contributed by atoms with Gasteiger partial charge in [0.1, 0.15) is 11.2 Å². The average molecular weight is 792 g/mol. The molecule has 2 heteroatoms. The van der Waals surface area contributed by atoms with Crippen LogP contribution in [0.3, 0.4) is 0 Å². The molecule has 0 spiro atoms.